The first-order chi connectivity index (χ1) is 16.1. The molecule has 8 heteroatoms. The molecular formula is C25H17N3O4S. The Kier molecular flexibility index (Phi) is 5.42. The Morgan fingerprint density at radius 1 is 0.939 bits per heavy atom. The standard InChI is InChI=1S/C25H17N3O4S/c29-22(16-9-11-26-12-10-16)20-21(28(24(31)23(20)30)25-27-13-14-33-25)17-5-4-8-19(15-17)32-18-6-2-1-3-7-18/h1-15,21,29H/b22-20+. The van der Waals surface area contributed by atoms with Crippen LogP contribution in [0.5, 0.6) is 11.5 Å². The van der Waals surface area contributed by atoms with Gasteiger partial charge in [-0.25, -0.2) is 4.98 Å². The number of rotatable bonds is 5. The number of aliphatic hydroxyl groups excluding tert-OH is 1. The number of aliphatic hydroxyl groups is 1. The lowest BCUT2D eigenvalue weighted by Crippen LogP contribution is -2.29. The molecule has 1 aliphatic rings. The van der Waals surface area contributed by atoms with E-state index in [0.717, 1.165) is 0 Å². The van der Waals surface area contributed by atoms with Crippen LogP contribution in [0.2, 0.25) is 0 Å². The molecule has 2 aromatic heterocycles. The number of para-hydroxylation sites is 1. The van der Waals surface area contributed by atoms with Gasteiger partial charge < -0.3 is 9.84 Å². The number of ketones is 1. The van der Waals surface area contributed by atoms with Crippen LogP contribution in [-0.4, -0.2) is 26.8 Å². The van der Waals surface area contributed by atoms with E-state index >= 15 is 0 Å². The molecule has 1 atom stereocenters. The van der Waals surface area contributed by atoms with E-state index in [4.69, 9.17) is 4.74 Å². The second-order valence-corrected chi connectivity index (χ2v) is 8.08. The summed E-state index contributed by atoms with van der Waals surface area (Å²) in [7, 11) is 0. The number of amides is 1. The lowest BCUT2D eigenvalue weighted by molar-refractivity contribution is -0.132. The lowest BCUT2D eigenvalue weighted by Gasteiger charge is -2.23. The minimum atomic E-state index is -0.872. The molecule has 2 aromatic carbocycles. The van der Waals surface area contributed by atoms with Gasteiger partial charge in [0.2, 0.25) is 0 Å². The van der Waals surface area contributed by atoms with Crippen molar-refractivity contribution >= 4 is 33.9 Å². The third-order valence-corrected chi connectivity index (χ3v) is 5.95. The molecule has 4 aromatic rings. The minimum absolute atomic E-state index is 0.0155. The van der Waals surface area contributed by atoms with E-state index in [1.54, 1.807) is 48.0 Å². The number of thiazole rings is 1. The summed E-state index contributed by atoms with van der Waals surface area (Å²) in [6.07, 6.45) is 4.58. The molecule has 1 unspecified atom stereocenters. The average molecular weight is 455 g/mol. The summed E-state index contributed by atoms with van der Waals surface area (Å²) in [5, 5.41) is 13.2. The highest BCUT2D eigenvalue weighted by Gasteiger charge is 2.48. The summed E-state index contributed by atoms with van der Waals surface area (Å²) in [5.74, 6) is -0.610. The Labute approximate surface area is 193 Å². The number of hydrogen-bond acceptors (Lipinski definition) is 7. The molecule has 0 radical (unpaired) electrons. The number of carbonyl (C=O) groups is 2. The summed E-state index contributed by atoms with van der Waals surface area (Å²) in [6, 6.07) is 18.7. The van der Waals surface area contributed by atoms with Gasteiger partial charge in [-0.3, -0.25) is 19.5 Å². The Bertz CT molecular complexity index is 1340. The number of benzene rings is 2. The summed E-state index contributed by atoms with van der Waals surface area (Å²) in [4.78, 5) is 35.7. The highest BCUT2D eigenvalue weighted by molar-refractivity contribution is 7.14. The van der Waals surface area contributed by atoms with Gasteiger partial charge in [0.15, 0.2) is 5.13 Å². The normalized spacial score (nSPS) is 17.3. The number of hydrogen-bond donors (Lipinski definition) is 1. The predicted molar refractivity (Wildman–Crippen MR) is 124 cm³/mol. The number of Topliss-reactive ketones (excluding diaryl/α,β-unsaturated/α-hetero) is 1. The topological polar surface area (TPSA) is 92.6 Å². The van der Waals surface area contributed by atoms with Crippen molar-refractivity contribution in [3.05, 3.63) is 107 Å². The molecule has 0 aliphatic carbocycles. The molecule has 1 fully saturated rings. The number of anilines is 1. The molecular weight excluding hydrogens is 438 g/mol. The Balaban J connectivity index is 1.65. The van der Waals surface area contributed by atoms with E-state index in [1.807, 2.05) is 30.3 Å². The van der Waals surface area contributed by atoms with Crippen molar-refractivity contribution in [2.75, 3.05) is 4.90 Å². The third-order valence-electron chi connectivity index (χ3n) is 5.18. The maximum absolute atomic E-state index is 13.1. The molecule has 3 heterocycles. The SMILES string of the molecule is O=C1C(=O)N(c2nccs2)C(c2cccc(Oc3ccccc3)c2)/C1=C(\O)c1ccncc1. The fourth-order valence-corrected chi connectivity index (χ4v) is 4.39. The largest absolute Gasteiger partial charge is 0.507 e. The zero-order valence-electron chi connectivity index (χ0n) is 17.2. The van der Waals surface area contributed by atoms with Gasteiger partial charge in [-0.15, -0.1) is 11.3 Å². The van der Waals surface area contributed by atoms with Crippen LogP contribution in [0.15, 0.2) is 96.3 Å². The van der Waals surface area contributed by atoms with Gasteiger partial charge in [0, 0.05) is 29.5 Å². The molecule has 0 spiro atoms. The van der Waals surface area contributed by atoms with Crippen LogP contribution in [0.25, 0.3) is 5.76 Å². The maximum Gasteiger partial charge on any atom is 0.301 e. The van der Waals surface area contributed by atoms with Crippen LogP contribution in [0.4, 0.5) is 5.13 Å². The Morgan fingerprint density at radius 3 is 2.42 bits per heavy atom. The van der Waals surface area contributed by atoms with Crippen LogP contribution in [0.1, 0.15) is 17.2 Å². The van der Waals surface area contributed by atoms with Crippen molar-refractivity contribution in [3.63, 3.8) is 0 Å². The van der Waals surface area contributed by atoms with Gasteiger partial charge in [-0.2, -0.15) is 0 Å². The molecule has 7 nitrogen and oxygen atoms in total. The van der Waals surface area contributed by atoms with Crippen molar-refractivity contribution < 1.29 is 19.4 Å². The second kappa shape index (κ2) is 8.68. The highest BCUT2D eigenvalue weighted by atomic mass is 32.1. The molecule has 0 bridgehead atoms. The van der Waals surface area contributed by atoms with Crippen LogP contribution < -0.4 is 9.64 Å². The summed E-state index contributed by atoms with van der Waals surface area (Å²) in [6.45, 7) is 0. The fraction of sp³-hybridized carbons (Fsp3) is 0.0400. The quantitative estimate of drug-likeness (QED) is 0.260. The summed E-state index contributed by atoms with van der Waals surface area (Å²) >= 11 is 1.24. The number of pyridine rings is 1. The lowest BCUT2D eigenvalue weighted by atomic mass is 9.95. The Morgan fingerprint density at radius 2 is 1.70 bits per heavy atom. The van der Waals surface area contributed by atoms with Gasteiger partial charge in [0.05, 0.1) is 11.6 Å². The summed E-state index contributed by atoms with van der Waals surface area (Å²) in [5.41, 5.74) is 0.982. The van der Waals surface area contributed by atoms with E-state index in [-0.39, 0.29) is 11.3 Å². The molecule has 1 amide bonds. The molecule has 0 saturated carbocycles. The summed E-state index contributed by atoms with van der Waals surface area (Å²) < 4.78 is 5.95. The van der Waals surface area contributed by atoms with E-state index in [2.05, 4.69) is 9.97 Å². The van der Waals surface area contributed by atoms with E-state index < -0.39 is 17.7 Å². The number of nitrogens with zero attached hydrogens (tertiary/aromatic N) is 3. The van der Waals surface area contributed by atoms with E-state index in [9.17, 15) is 14.7 Å². The van der Waals surface area contributed by atoms with Gasteiger partial charge in [-0.1, -0.05) is 30.3 Å². The Hall–Kier alpha value is -4.30. The highest BCUT2D eigenvalue weighted by Crippen LogP contribution is 2.43. The molecule has 1 aliphatic heterocycles. The first-order valence-electron chi connectivity index (χ1n) is 10.1. The molecule has 33 heavy (non-hydrogen) atoms. The smallest absolute Gasteiger partial charge is 0.301 e. The van der Waals surface area contributed by atoms with Crippen LogP contribution in [0, 0.1) is 0 Å². The first-order valence-corrected chi connectivity index (χ1v) is 10.9. The molecule has 5 rings (SSSR count). The van der Waals surface area contributed by atoms with Gasteiger partial charge in [0.1, 0.15) is 17.3 Å². The van der Waals surface area contributed by atoms with Crippen molar-refractivity contribution in [3.8, 4) is 11.5 Å². The zero-order valence-corrected chi connectivity index (χ0v) is 18.0. The van der Waals surface area contributed by atoms with E-state index in [0.29, 0.717) is 27.8 Å². The fourth-order valence-electron chi connectivity index (χ4n) is 3.72. The van der Waals surface area contributed by atoms with Crippen molar-refractivity contribution in [2.45, 2.75) is 6.04 Å². The zero-order chi connectivity index (χ0) is 22.8. The molecule has 162 valence electrons. The van der Waals surface area contributed by atoms with Crippen LogP contribution in [0.3, 0.4) is 0 Å². The van der Waals surface area contributed by atoms with Crippen molar-refractivity contribution in [1.82, 2.24) is 9.97 Å². The van der Waals surface area contributed by atoms with Gasteiger partial charge in [-0.05, 0) is 42.0 Å². The minimum Gasteiger partial charge on any atom is -0.507 e. The van der Waals surface area contributed by atoms with E-state index in [1.165, 1.54) is 28.6 Å². The molecule has 1 saturated heterocycles. The number of carbonyl (C=O) groups excluding carboxylic acids is 2. The maximum atomic E-state index is 13.1. The van der Waals surface area contributed by atoms with Crippen molar-refractivity contribution in [1.29, 1.82) is 0 Å². The first kappa shape index (κ1) is 20.6. The van der Waals surface area contributed by atoms with Crippen LogP contribution >= 0.6 is 11.3 Å². The molecule has 1 N–H and O–H groups in total. The third kappa shape index (κ3) is 3.88. The van der Waals surface area contributed by atoms with Gasteiger partial charge >= 0.3 is 5.91 Å². The number of ether oxygens (including phenoxy) is 1. The van der Waals surface area contributed by atoms with Gasteiger partial charge in [0.25, 0.3) is 5.78 Å². The monoisotopic (exact) mass is 455 g/mol. The number of aromatic nitrogens is 2. The van der Waals surface area contributed by atoms with Crippen molar-refractivity contribution in [2.24, 2.45) is 0 Å². The van der Waals surface area contributed by atoms with Crippen LogP contribution in [-0.2, 0) is 9.59 Å². The predicted octanol–water partition coefficient (Wildman–Crippen LogP) is 4.96. The average Bonchev–Trinajstić information content (AvgIpc) is 3.47. The second-order valence-electron chi connectivity index (χ2n) is 7.21.